The molecular weight excluding hydrogens is 477 g/mol. The monoisotopic (exact) mass is 490 g/mol. The van der Waals surface area contributed by atoms with Crippen LogP contribution in [-0.4, -0.2) is 45.7 Å². The van der Waals surface area contributed by atoms with E-state index in [4.69, 9.17) is 11.6 Å². The number of aromatic nitrogens is 3. The third-order valence-corrected chi connectivity index (χ3v) is 5.25. The molecule has 2 aromatic heterocycles. The molecule has 1 aliphatic carbocycles. The standard InChI is InChI=1S/C21H14ClF3N6O3/c1-26-20(34)16-14(22)7-10(8-28-16)30-19(33)13-9-29-31(17(13)21(23,24)25)15-4-2-3-12-11(15)5-6-27-18(12)32/h2-9,12H,1H3,(H,26,34)(H,30,33). The molecule has 1 atom stereocenters. The van der Waals surface area contributed by atoms with E-state index in [0.29, 0.717) is 4.68 Å². The molecule has 0 aromatic carbocycles. The largest absolute Gasteiger partial charge is 0.434 e. The lowest BCUT2D eigenvalue weighted by Crippen LogP contribution is -2.25. The fourth-order valence-electron chi connectivity index (χ4n) is 3.45. The molecule has 4 rings (SSSR count). The van der Waals surface area contributed by atoms with Gasteiger partial charge >= 0.3 is 6.18 Å². The average molecular weight is 491 g/mol. The minimum Gasteiger partial charge on any atom is -0.354 e. The van der Waals surface area contributed by atoms with E-state index in [1.807, 2.05) is 0 Å². The normalized spacial score (nSPS) is 17.1. The molecule has 0 saturated carbocycles. The molecule has 0 fully saturated rings. The summed E-state index contributed by atoms with van der Waals surface area (Å²) in [5, 5.41) is 8.30. The summed E-state index contributed by atoms with van der Waals surface area (Å²) in [4.78, 5) is 44.0. The first-order valence-electron chi connectivity index (χ1n) is 9.63. The highest BCUT2D eigenvalue weighted by molar-refractivity contribution is 6.33. The Bertz CT molecular complexity index is 1340. The van der Waals surface area contributed by atoms with Gasteiger partial charge in [0, 0.05) is 13.3 Å². The van der Waals surface area contributed by atoms with Gasteiger partial charge in [0.15, 0.2) is 5.69 Å². The Labute approximate surface area is 194 Å². The van der Waals surface area contributed by atoms with Gasteiger partial charge in [-0.3, -0.25) is 14.4 Å². The van der Waals surface area contributed by atoms with Gasteiger partial charge < -0.3 is 10.6 Å². The zero-order chi connectivity index (χ0) is 24.6. The highest BCUT2D eigenvalue weighted by Gasteiger charge is 2.42. The molecule has 2 aliphatic rings. The van der Waals surface area contributed by atoms with E-state index in [1.165, 1.54) is 43.6 Å². The maximum atomic E-state index is 14.1. The number of hydrogen-bond donors (Lipinski definition) is 2. The lowest BCUT2D eigenvalue weighted by molar-refractivity contribution is -0.143. The van der Waals surface area contributed by atoms with Crippen LogP contribution in [0.5, 0.6) is 0 Å². The molecule has 2 N–H and O–H groups in total. The van der Waals surface area contributed by atoms with Crippen molar-refractivity contribution in [3.63, 3.8) is 0 Å². The van der Waals surface area contributed by atoms with Gasteiger partial charge in [0.05, 0.1) is 40.3 Å². The number of hydrogen-bond acceptors (Lipinski definition) is 5. The van der Waals surface area contributed by atoms with Crippen LogP contribution in [0.25, 0.3) is 5.70 Å². The first kappa shape index (κ1) is 23.1. The zero-order valence-corrected chi connectivity index (χ0v) is 18.0. The van der Waals surface area contributed by atoms with Crippen LogP contribution in [0.3, 0.4) is 0 Å². The topological polar surface area (TPSA) is 118 Å². The Hall–Kier alpha value is -4.06. The van der Waals surface area contributed by atoms with Crippen molar-refractivity contribution < 1.29 is 27.6 Å². The Balaban J connectivity index is 1.71. The summed E-state index contributed by atoms with van der Waals surface area (Å²) in [6, 6.07) is 1.19. The number of anilines is 1. The molecule has 3 heterocycles. The summed E-state index contributed by atoms with van der Waals surface area (Å²) in [6.45, 7) is 0. The molecule has 0 saturated heterocycles. The van der Waals surface area contributed by atoms with E-state index in [2.05, 4.69) is 25.7 Å². The molecule has 0 bridgehead atoms. The van der Waals surface area contributed by atoms with Crippen LogP contribution in [0.15, 0.2) is 53.3 Å². The van der Waals surface area contributed by atoms with Crippen molar-refractivity contribution in [1.29, 1.82) is 0 Å². The van der Waals surface area contributed by atoms with Crippen LogP contribution in [0, 0.1) is 5.92 Å². The molecule has 1 aliphatic heterocycles. The molecule has 2 aromatic rings. The van der Waals surface area contributed by atoms with Gasteiger partial charge in [-0.25, -0.2) is 14.7 Å². The molecule has 174 valence electrons. The summed E-state index contributed by atoms with van der Waals surface area (Å²) >= 11 is 5.99. The first-order chi connectivity index (χ1) is 16.1. The second-order valence-electron chi connectivity index (χ2n) is 7.06. The number of nitrogens with one attached hydrogen (secondary N) is 2. The highest BCUT2D eigenvalue weighted by Crippen LogP contribution is 2.38. The average Bonchev–Trinajstić information content (AvgIpc) is 3.24. The zero-order valence-electron chi connectivity index (χ0n) is 17.2. The smallest absolute Gasteiger partial charge is 0.354 e. The fraction of sp³-hybridized carbons (Fsp3) is 0.143. The number of dihydropyridines is 1. The van der Waals surface area contributed by atoms with Gasteiger partial charge in [-0.15, -0.1) is 0 Å². The van der Waals surface area contributed by atoms with Crippen molar-refractivity contribution in [2.45, 2.75) is 6.18 Å². The van der Waals surface area contributed by atoms with Crippen LogP contribution in [0.2, 0.25) is 5.02 Å². The second-order valence-corrected chi connectivity index (χ2v) is 7.46. The van der Waals surface area contributed by atoms with Crippen molar-refractivity contribution in [3.8, 4) is 0 Å². The van der Waals surface area contributed by atoms with E-state index >= 15 is 0 Å². The minimum absolute atomic E-state index is 0.0157. The number of allylic oxidation sites excluding steroid dienone is 4. The number of carbonyl (C=O) groups is 3. The third kappa shape index (κ3) is 4.15. The first-order valence-corrected chi connectivity index (χ1v) is 10.0. The number of amides is 3. The summed E-state index contributed by atoms with van der Waals surface area (Å²) < 4.78 is 42.8. The number of nitrogens with zero attached hydrogens (tertiary/aromatic N) is 4. The predicted octanol–water partition coefficient (Wildman–Crippen LogP) is 3.13. The van der Waals surface area contributed by atoms with Gasteiger partial charge in [-0.2, -0.15) is 18.3 Å². The molecule has 13 heteroatoms. The van der Waals surface area contributed by atoms with Gasteiger partial charge in [-0.1, -0.05) is 23.8 Å². The maximum absolute atomic E-state index is 14.1. The molecule has 9 nitrogen and oxygen atoms in total. The molecule has 1 unspecified atom stereocenters. The van der Waals surface area contributed by atoms with Crippen molar-refractivity contribution in [1.82, 2.24) is 20.1 Å². The van der Waals surface area contributed by atoms with Crippen molar-refractivity contribution in [2.24, 2.45) is 10.9 Å². The second kappa shape index (κ2) is 8.71. The number of rotatable bonds is 4. The Kier molecular flexibility index (Phi) is 5.92. The van der Waals surface area contributed by atoms with Gasteiger partial charge in [-0.05, 0) is 23.8 Å². The van der Waals surface area contributed by atoms with E-state index < -0.39 is 41.1 Å². The molecule has 0 spiro atoms. The van der Waals surface area contributed by atoms with Crippen LogP contribution in [0.4, 0.5) is 18.9 Å². The molecule has 3 amide bonds. The van der Waals surface area contributed by atoms with Crippen LogP contribution < -0.4 is 10.6 Å². The third-order valence-electron chi connectivity index (χ3n) is 4.96. The number of fused-ring (bicyclic) bond motifs is 1. The fourth-order valence-corrected chi connectivity index (χ4v) is 3.70. The molecule has 34 heavy (non-hydrogen) atoms. The summed E-state index contributed by atoms with van der Waals surface area (Å²) in [5.74, 6) is -3.07. The molecular formula is C21H14ClF3N6O3. The van der Waals surface area contributed by atoms with Crippen LogP contribution >= 0.6 is 11.6 Å². The van der Waals surface area contributed by atoms with E-state index in [-0.39, 0.29) is 27.7 Å². The highest BCUT2D eigenvalue weighted by atomic mass is 35.5. The van der Waals surface area contributed by atoms with Gasteiger partial charge in [0.25, 0.3) is 17.7 Å². The minimum atomic E-state index is -4.97. The van der Waals surface area contributed by atoms with Crippen molar-refractivity contribution in [3.05, 3.63) is 70.3 Å². The van der Waals surface area contributed by atoms with Crippen LogP contribution in [0.1, 0.15) is 26.5 Å². The Morgan fingerprint density at radius 2 is 1.94 bits per heavy atom. The summed E-state index contributed by atoms with van der Waals surface area (Å²) in [7, 11) is 1.37. The van der Waals surface area contributed by atoms with Crippen LogP contribution in [-0.2, 0) is 11.0 Å². The summed E-state index contributed by atoms with van der Waals surface area (Å²) in [6.07, 6.45) is 3.82. The van der Waals surface area contributed by atoms with Crippen molar-refractivity contribution >= 4 is 46.9 Å². The van der Waals surface area contributed by atoms with E-state index in [1.54, 1.807) is 0 Å². The Morgan fingerprint density at radius 3 is 2.62 bits per heavy atom. The van der Waals surface area contributed by atoms with Crippen molar-refractivity contribution in [2.75, 3.05) is 12.4 Å². The number of aliphatic imine (C=N–C) groups is 1. The number of pyridine rings is 1. The Morgan fingerprint density at radius 1 is 1.18 bits per heavy atom. The quantitative estimate of drug-likeness (QED) is 0.682. The maximum Gasteiger partial charge on any atom is 0.434 e. The lowest BCUT2D eigenvalue weighted by Gasteiger charge is -2.23. The van der Waals surface area contributed by atoms with E-state index in [9.17, 15) is 27.6 Å². The number of carbonyl (C=O) groups excluding carboxylic acids is 3. The SMILES string of the molecule is CNC(=O)c1ncc(NC(=O)c2cnn(C3=CC=CC4C(=O)N=CC=C34)c2C(F)(F)F)cc1Cl. The van der Waals surface area contributed by atoms with Gasteiger partial charge in [0.1, 0.15) is 5.69 Å². The summed E-state index contributed by atoms with van der Waals surface area (Å²) in [5.41, 5.74) is -1.98. The lowest BCUT2D eigenvalue weighted by atomic mass is 9.89. The number of halogens is 4. The van der Waals surface area contributed by atoms with Gasteiger partial charge in [0.2, 0.25) is 0 Å². The van der Waals surface area contributed by atoms with E-state index in [0.717, 1.165) is 12.4 Å². The molecule has 0 radical (unpaired) electrons. The number of alkyl halides is 3. The predicted molar refractivity (Wildman–Crippen MR) is 116 cm³/mol.